The van der Waals surface area contributed by atoms with Crippen LogP contribution in [0, 0.1) is 5.82 Å². The fourth-order valence-electron chi connectivity index (χ4n) is 1.24. The summed E-state index contributed by atoms with van der Waals surface area (Å²) in [5.74, 6) is -0.545. The highest BCUT2D eigenvalue weighted by Gasteiger charge is 2.11. The summed E-state index contributed by atoms with van der Waals surface area (Å²) in [6, 6.07) is 2.80. The third kappa shape index (κ3) is 3.19. The van der Waals surface area contributed by atoms with E-state index in [-0.39, 0.29) is 12.0 Å². The van der Waals surface area contributed by atoms with Crippen LogP contribution in [-0.2, 0) is 6.54 Å². The second-order valence-electron chi connectivity index (χ2n) is 3.38. The van der Waals surface area contributed by atoms with Crippen LogP contribution in [0.5, 0.6) is 5.88 Å². The number of nitrogens with zero attached hydrogens (tertiary/aromatic N) is 5. The van der Waals surface area contributed by atoms with Gasteiger partial charge in [0.2, 0.25) is 0 Å². The molecule has 0 saturated heterocycles. The molecule has 0 aliphatic carbocycles. The zero-order chi connectivity index (χ0) is 12.3. The van der Waals surface area contributed by atoms with E-state index in [1.165, 1.54) is 23.1 Å². The summed E-state index contributed by atoms with van der Waals surface area (Å²) in [6.07, 6.45) is 1.17. The molecule has 17 heavy (non-hydrogen) atoms. The highest BCUT2D eigenvalue weighted by molar-refractivity contribution is 9.10. The minimum absolute atomic E-state index is 0.0417. The summed E-state index contributed by atoms with van der Waals surface area (Å²) in [6.45, 7) is 2.20. The SMILES string of the molecule is CC(Cn1cnnn1)Oc1nc(Br)ccc1F. The van der Waals surface area contributed by atoms with Crippen molar-refractivity contribution in [3.63, 3.8) is 0 Å². The molecule has 0 aliphatic rings. The Morgan fingerprint density at radius 3 is 3.06 bits per heavy atom. The average Bonchev–Trinajstić information content (AvgIpc) is 2.76. The Hall–Kier alpha value is -1.57. The van der Waals surface area contributed by atoms with E-state index in [1.54, 1.807) is 6.92 Å². The van der Waals surface area contributed by atoms with E-state index in [0.29, 0.717) is 11.1 Å². The second-order valence-corrected chi connectivity index (χ2v) is 4.19. The summed E-state index contributed by atoms with van der Waals surface area (Å²) in [5, 5.41) is 10.7. The average molecular weight is 302 g/mol. The van der Waals surface area contributed by atoms with Gasteiger partial charge in [0.1, 0.15) is 17.0 Å². The quantitative estimate of drug-likeness (QED) is 0.800. The van der Waals surface area contributed by atoms with Crippen molar-refractivity contribution in [3.8, 4) is 5.88 Å². The van der Waals surface area contributed by atoms with Gasteiger partial charge in [0.15, 0.2) is 5.82 Å². The van der Waals surface area contributed by atoms with Crippen LogP contribution in [0.4, 0.5) is 4.39 Å². The van der Waals surface area contributed by atoms with Gasteiger partial charge in [0.05, 0.1) is 6.54 Å². The maximum Gasteiger partial charge on any atom is 0.251 e. The first kappa shape index (κ1) is 11.9. The van der Waals surface area contributed by atoms with Crippen LogP contribution in [0.1, 0.15) is 6.92 Å². The van der Waals surface area contributed by atoms with E-state index in [4.69, 9.17) is 4.74 Å². The normalized spacial score (nSPS) is 12.4. The molecule has 0 spiro atoms. The lowest BCUT2D eigenvalue weighted by Crippen LogP contribution is -2.21. The maximum absolute atomic E-state index is 13.4. The van der Waals surface area contributed by atoms with E-state index < -0.39 is 5.82 Å². The fraction of sp³-hybridized carbons (Fsp3) is 0.333. The Balaban J connectivity index is 2.02. The summed E-state index contributed by atoms with van der Waals surface area (Å²) in [5.41, 5.74) is 0. The molecular weight excluding hydrogens is 293 g/mol. The highest BCUT2D eigenvalue weighted by atomic mass is 79.9. The van der Waals surface area contributed by atoms with E-state index in [0.717, 1.165) is 0 Å². The van der Waals surface area contributed by atoms with Crippen molar-refractivity contribution in [1.82, 2.24) is 25.2 Å². The first-order valence-corrected chi connectivity index (χ1v) is 5.64. The minimum Gasteiger partial charge on any atom is -0.471 e. The Bertz CT molecular complexity index is 492. The number of halogens is 2. The largest absolute Gasteiger partial charge is 0.471 e. The Morgan fingerprint density at radius 2 is 2.35 bits per heavy atom. The van der Waals surface area contributed by atoms with Crippen molar-refractivity contribution in [2.75, 3.05) is 0 Å². The number of ether oxygens (including phenoxy) is 1. The monoisotopic (exact) mass is 301 g/mol. The van der Waals surface area contributed by atoms with Gasteiger partial charge in [-0.1, -0.05) is 0 Å². The van der Waals surface area contributed by atoms with Crippen molar-refractivity contribution in [1.29, 1.82) is 0 Å². The molecule has 0 bridgehead atoms. The zero-order valence-electron chi connectivity index (χ0n) is 8.92. The Kier molecular flexibility index (Phi) is 3.62. The van der Waals surface area contributed by atoms with Crippen LogP contribution in [0.25, 0.3) is 0 Å². The number of rotatable bonds is 4. The predicted octanol–water partition coefficient (Wildman–Crippen LogP) is 1.44. The molecule has 0 fully saturated rings. The van der Waals surface area contributed by atoms with Crippen LogP contribution < -0.4 is 4.74 Å². The van der Waals surface area contributed by atoms with Crippen molar-refractivity contribution in [2.24, 2.45) is 0 Å². The Labute approximate surface area is 105 Å². The first-order valence-electron chi connectivity index (χ1n) is 4.84. The summed E-state index contributed by atoms with van der Waals surface area (Å²) >= 11 is 3.15. The van der Waals surface area contributed by atoms with Gasteiger partial charge in [-0.2, -0.15) is 0 Å². The van der Waals surface area contributed by atoms with Gasteiger partial charge in [-0.3, -0.25) is 0 Å². The van der Waals surface area contributed by atoms with Crippen LogP contribution in [-0.4, -0.2) is 31.3 Å². The van der Waals surface area contributed by atoms with Crippen LogP contribution in [0.2, 0.25) is 0 Å². The third-order valence-corrected chi connectivity index (χ3v) is 2.37. The molecular formula is C9H9BrFN5O. The molecule has 0 aliphatic heterocycles. The molecule has 6 nitrogen and oxygen atoms in total. The molecule has 2 heterocycles. The van der Waals surface area contributed by atoms with Gasteiger partial charge in [-0.15, -0.1) is 5.10 Å². The lowest BCUT2D eigenvalue weighted by Gasteiger charge is -2.13. The molecule has 0 saturated carbocycles. The first-order chi connectivity index (χ1) is 8.15. The standard InChI is InChI=1S/C9H9BrFN5O/c1-6(4-16-5-12-14-15-16)17-9-7(11)2-3-8(10)13-9/h2-3,5-6H,4H2,1H3. The predicted molar refractivity (Wildman–Crippen MR) is 59.8 cm³/mol. The van der Waals surface area contributed by atoms with Crippen molar-refractivity contribution in [3.05, 3.63) is 28.9 Å². The van der Waals surface area contributed by atoms with E-state index >= 15 is 0 Å². The van der Waals surface area contributed by atoms with Gasteiger partial charge in [-0.05, 0) is 45.4 Å². The van der Waals surface area contributed by atoms with E-state index in [2.05, 4.69) is 36.4 Å². The van der Waals surface area contributed by atoms with Gasteiger partial charge < -0.3 is 4.74 Å². The molecule has 1 atom stereocenters. The summed E-state index contributed by atoms with van der Waals surface area (Å²) in [4.78, 5) is 3.90. The Morgan fingerprint density at radius 1 is 1.53 bits per heavy atom. The van der Waals surface area contributed by atoms with Crippen LogP contribution >= 0.6 is 15.9 Å². The lowest BCUT2D eigenvalue weighted by atomic mass is 10.4. The summed E-state index contributed by atoms with van der Waals surface area (Å²) < 4.78 is 20.7. The zero-order valence-corrected chi connectivity index (χ0v) is 10.5. The number of hydrogen-bond donors (Lipinski definition) is 0. The van der Waals surface area contributed by atoms with Crippen molar-refractivity contribution in [2.45, 2.75) is 19.6 Å². The van der Waals surface area contributed by atoms with Crippen molar-refractivity contribution < 1.29 is 9.13 Å². The number of hydrogen-bond acceptors (Lipinski definition) is 5. The fourth-order valence-corrected chi connectivity index (χ4v) is 1.53. The van der Waals surface area contributed by atoms with Crippen molar-refractivity contribution >= 4 is 15.9 Å². The highest BCUT2D eigenvalue weighted by Crippen LogP contribution is 2.18. The van der Waals surface area contributed by atoms with Crippen LogP contribution in [0.3, 0.4) is 0 Å². The maximum atomic E-state index is 13.4. The third-order valence-electron chi connectivity index (χ3n) is 1.93. The second kappa shape index (κ2) is 5.17. The summed E-state index contributed by atoms with van der Waals surface area (Å²) in [7, 11) is 0. The lowest BCUT2D eigenvalue weighted by molar-refractivity contribution is 0.176. The molecule has 2 aromatic rings. The van der Waals surface area contributed by atoms with E-state index in [1.807, 2.05) is 0 Å². The van der Waals surface area contributed by atoms with Gasteiger partial charge >= 0.3 is 0 Å². The molecule has 8 heteroatoms. The topological polar surface area (TPSA) is 65.7 Å². The molecule has 1 unspecified atom stereocenters. The minimum atomic E-state index is -0.503. The number of tetrazole rings is 1. The molecule has 2 rings (SSSR count). The smallest absolute Gasteiger partial charge is 0.251 e. The van der Waals surface area contributed by atoms with Gasteiger partial charge in [0, 0.05) is 0 Å². The molecule has 2 aromatic heterocycles. The molecule has 0 radical (unpaired) electrons. The number of aromatic nitrogens is 5. The van der Waals surface area contributed by atoms with E-state index in [9.17, 15) is 4.39 Å². The molecule has 0 amide bonds. The number of pyridine rings is 1. The van der Waals surface area contributed by atoms with Gasteiger partial charge in [0.25, 0.3) is 5.88 Å². The molecule has 0 aromatic carbocycles. The van der Waals surface area contributed by atoms with Gasteiger partial charge in [-0.25, -0.2) is 14.1 Å². The van der Waals surface area contributed by atoms with Crippen LogP contribution in [0.15, 0.2) is 23.1 Å². The molecule has 90 valence electrons. The molecule has 0 N–H and O–H groups in total.